The lowest BCUT2D eigenvalue weighted by Gasteiger charge is -2.05. The molecular formula is C25H19ClN4OS2. The molecule has 0 fully saturated rings. The largest absolute Gasteiger partial charge is 0.333 e. The second kappa shape index (κ2) is 9.39. The minimum absolute atomic E-state index is 0.0805. The van der Waals surface area contributed by atoms with E-state index >= 15 is 0 Å². The number of H-pyrrole nitrogens is 1. The number of benzene rings is 3. The second-order valence-electron chi connectivity index (χ2n) is 7.52. The molecule has 0 spiro atoms. The Bertz CT molecular complexity index is 1430. The molecule has 5 aromatic rings. The van der Waals surface area contributed by atoms with Gasteiger partial charge in [-0.2, -0.15) is 0 Å². The maximum Gasteiger partial charge on any atom is 0.234 e. The summed E-state index contributed by atoms with van der Waals surface area (Å²) in [5, 5.41) is 7.36. The van der Waals surface area contributed by atoms with Crippen LogP contribution in [0.5, 0.6) is 0 Å². The molecule has 0 aliphatic heterocycles. The monoisotopic (exact) mass is 490 g/mol. The lowest BCUT2D eigenvalue weighted by atomic mass is 10.1. The van der Waals surface area contributed by atoms with Gasteiger partial charge < -0.3 is 10.3 Å². The highest BCUT2D eigenvalue weighted by Crippen LogP contribution is 2.30. The third kappa shape index (κ3) is 5.11. The normalized spacial score (nSPS) is 11.1. The number of amides is 1. The van der Waals surface area contributed by atoms with Gasteiger partial charge in [0.25, 0.3) is 0 Å². The zero-order chi connectivity index (χ0) is 22.8. The quantitative estimate of drug-likeness (QED) is 0.250. The third-order valence-electron chi connectivity index (χ3n) is 5.02. The van der Waals surface area contributed by atoms with Crippen molar-refractivity contribution in [3.05, 3.63) is 82.7 Å². The predicted molar refractivity (Wildman–Crippen MR) is 138 cm³/mol. The van der Waals surface area contributed by atoms with Gasteiger partial charge in [-0.1, -0.05) is 53.7 Å². The second-order valence-corrected chi connectivity index (χ2v) is 9.78. The van der Waals surface area contributed by atoms with Gasteiger partial charge >= 0.3 is 0 Å². The molecule has 0 atom stereocenters. The molecule has 2 aromatic heterocycles. The Hall–Kier alpha value is -3.13. The van der Waals surface area contributed by atoms with Crippen LogP contribution >= 0.6 is 34.7 Å². The number of nitrogens with one attached hydrogen (secondary N) is 2. The smallest absolute Gasteiger partial charge is 0.234 e. The number of nitrogens with zero attached hydrogens (tertiary/aromatic N) is 2. The Labute approximate surface area is 204 Å². The van der Waals surface area contributed by atoms with Crippen molar-refractivity contribution >= 4 is 57.3 Å². The number of aryl methyl sites for hydroxylation is 1. The average Bonchev–Trinajstić information content (AvgIpc) is 3.46. The highest BCUT2D eigenvalue weighted by atomic mass is 35.5. The Morgan fingerprint density at radius 1 is 1.03 bits per heavy atom. The number of carbonyl (C=O) groups is 1. The highest BCUT2D eigenvalue weighted by molar-refractivity contribution is 7.99. The summed E-state index contributed by atoms with van der Waals surface area (Å²) in [5.74, 6) is 0.194. The fourth-order valence-corrected chi connectivity index (χ4v) is 5.00. The fraction of sp³-hybridized carbons (Fsp3) is 0.0800. The number of anilines is 1. The van der Waals surface area contributed by atoms with E-state index in [-0.39, 0.29) is 11.7 Å². The summed E-state index contributed by atoms with van der Waals surface area (Å²) in [7, 11) is 0. The first-order valence-electron chi connectivity index (χ1n) is 10.2. The number of fused-ring (bicyclic) bond motifs is 1. The molecule has 33 heavy (non-hydrogen) atoms. The lowest BCUT2D eigenvalue weighted by molar-refractivity contribution is -0.113. The summed E-state index contributed by atoms with van der Waals surface area (Å²) in [6.07, 6.45) is 0. The van der Waals surface area contributed by atoms with Gasteiger partial charge in [0, 0.05) is 27.2 Å². The summed E-state index contributed by atoms with van der Waals surface area (Å²) < 4.78 is 0. The fourth-order valence-electron chi connectivity index (χ4n) is 3.36. The van der Waals surface area contributed by atoms with E-state index in [0.29, 0.717) is 5.02 Å². The first kappa shape index (κ1) is 21.7. The maximum atomic E-state index is 12.4. The van der Waals surface area contributed by atoms with E-state index in [1.165, 1.54) is 17.3 Å². The molecule has 164 valence electrons. The highest BCUT2D eigenvalue weighted by Gasteiger charge is 2.10. The first-order chi connectivity index (χ1) is 16.0. The van der Waals surface area contributed by atoms with Crippen molar-refractivity contribution in [1.82, 2.24) is 15.0 Å². The van der Waals surface area contributed by atoms with Crippen LogP contribution in [0.3, 0.4) is 0 Å². The van der Waals surface area contributed by atoms with Crippen LogP contribution in [0.2, 0.25) is 5.02 Å². The van der Waals surface area contributed by atoms with Gasteiger partial charge in [0.2, 0.25) is 5.91 Å². The number of aromatic nitrogens is 3. The van der Waals surface area contributed by atoms with E-state index in [9.17, 15) is 4.79 Å². The zero-order valence-electron chi connectivity index (χ0n) is 17.6. The van der Waals surface area contributed by atoms with Crippen molar-refractivity contribution in [3.8, 4) is 21.8 Å². The number of aromatic amines is 1. The van der Waals surface area contributed by atoms with Crippen LogP contribution < -0.4 is 5.32 Å². The van der Waals surface area contributed by atoms with Gasteiger partial charge in [0.15, 0.2) is 5.16 Å². The molecule has 0 unspecified atom stereocenters. The summed E-state index contributed by atoms with van der Waals surface area (Å²) in [4.78, 5) is 24.9. The van der Waals surface area contributed by atoms with Crippen LogP contribution in [-0.4, -0.2) is 26.6 Å². The molecule has 0 bridgehead atoms. The molecule has 3 aromatic carbocycles. The topological polar surface area (TPSA) is 70.7 Å². The summed E-state index contributed by atoms with van der Waals surface area (Å²) in [6.45, 7) is 2.04. The summed E-state index contributed by atoms with van der Waals surface area (Å²) in [6, 6.07) is 21.4. The molecule has 5 nitrogen and oxygen atoms in total. The summed E-state index contributed by atoms with van der Waals surface area (Å²) >= 11 is 8.95. The predicted octanol–water partition coefficient (Wildman–Crippen LogP) is 7.05. The van der Waals surface area contributed by atoms with Gasteiger partial charge in [0.1, 0.15) is 5.01 Å². The van der Waals surface area contributed by atoms with Gasteiger partial charge in [0.05, 0.1) is 22.5 Å². The SMILES string of the molecule is Cc1ccc2nc(SCC(=O)Nc3ccc(-c4csc(-c5ccc(Cl)cc5)n4)cc3)[nH]c2c1. The number of hydrogen-bond donors (Lipinski definition) is 2. The number of thiazole rings is 1. The number of hydrogen-bond acceptors (Lipinski definition) is 5. The van der Waals surface area contributed by atoms with Crippen LogP contribution in [0.15, 0.2) is 77.3 Å². The first-order valence-corrected chi connectivity index (χ1v) is 12.5. The van der Waals surface area contributed by atoms with Crippen molar-refractivity contribution in [2.75, 3.05) is 11.1 Å². The van der Waals surface area contributed by atoms with E-state index in [4.69, 9.17) is 16.6 Å². The van der Waals surface area contributed by atoms with Crippen LogP contribution in [-0.2, 0) is 4.79 Å². The number of imidazole rings is 1. The minimum Gasteiger partial charge on any atom is -0.333 e. The van der Waals surface area contributed by atoms with Gasteiger partial charge in [-0.15, -0.1) is 11.3 Å². The van der Waals surface area contributed by atoms with Crippen LogP contribution in [0.4, 0.5) is 5.69 Å². The minimum atomic E-state index is -0.0805. The van der Waals surface area contributed by atoms with Gasteiger partial charge in [-0.25, -0.2) is 9.97 Å². The van der Waals surface area contributed by atoms with Crippen LogP contribution in [0, 0.1) is 6.92 Å². The van der Waals surface area contributed by atoms with Crippen LogP contribution in [0.25, 0.3) is 32.9 Å². The van der Waals surface area contributed by atoms with E-state index in [1.807, 2.05) is 73.0 Å². The number of halogens is 1. The number of rotatable bonds is 6. The molecule has 0 saturated heterocycles. The number of thioether (sulfide) groups is 1. The Balaban J connectivity index is 1.19. The third-order valence-corrected chi connectivity index (χ3v) is 7.03. The van der Waals surface area contributed by atoms with Crippen molar-refractivity contribution in [2.24, 2.45) is 0 Å². The van der Waals surface area contributed by atoms with Crippen molar-refractivity contribution < 1.29 is 4.79 Å². The maximum absolute atomic E-state index is 12.4. The molecule has 2 heterocycles. The van der Waals surface area contributed by atoms with E-state index < -0.39 is 0 Å². The average molecular weight is 491 g/mol. The molecule has 0 radical (unpaired) electrons. The van der Waals surface area contributed by atoms with Gasteiger partial charge in [-0.3, -0.25) is 4.79 Å². The van der Waals surface area contributed by atoms with E-state index in [0.717, 1.165) is 43.7 Å². The van der Waals surface area contributed by atoms with Crippen LogP contribution in [0.1, 0.15) is 5.56 Å². The van der Waals surface area contributed by atoms with E-state index in [2.05, 4.69) is 21.4 Å². The van der Waals surface area contributed by atoms with Crippen molar-refractivity contribution in [2.45, 2.75) is 12.1 Å². The molecular weight excluding hydrogens is 472 g/mol. The molecule has 5 rings (SSSR count). The molecule has 1 amide bonds. The Kier molecular flexibility index (Phi) is 6.17. The lowest BCUT2D eigenvalue weighted by Crippen LogP contribution is -2.14. The van der Waals surface area contributed by atoms with Crippen molar-refractivity contribution in [3.63, 3.8) is 0 Å². The molecule has 0 saturated carbocycles. The number of carbonyl (C=O) groups excluding carboxylic acids is 1. The van der Waals surface area contributed by atoms with E-state index in [1.54, 1.807) is 11.3 Å². The van der Waals surface area contributed by atoms with Crippen molar-refractivity contribution in [1.29, 1.82) is 0 Å². The summed E-state index contributed by atoms with van der Waals surface area (Å²) in [5.41, 5.74) is 6.74. The Morgan fingerprint density at radius 2 is 1.79 bits per heavy atom. The standard InChI is InChI=1S/C25H19ClN4OS2/c1-15-2-11-20-21(12-15)30-25(29-20)33-14-23(31)27-19-9-5-16(6-10-19)22-13-32-24(28-22)17-3-7-18(26)8-4-17/h2-13H,14H2,1H3,(H,27,31)(H,29,30). The molecule has 2 N–H and O–H groups in total. The molecule has 0 aliphatic rings. The molecule has 8 heteroatoms. The van der Waals surface area contributed by atoms with Gasteiger partial charge in [-0.05, 0) is 48.9 Å². The zero-order valence-corrected chi connectivity index (χ0v) is 20.0. The molecule has 0 aliphatic carbocycles. The Morgan fingerprint density at radius 3 is 2.58 bits per heavy atom.